The van der Waals surface area contributed by atoms with Crippen LogP contribution in [0.1, 0.15) is 38.2 Å². The summed E-state index contributed by atoms with van der Waals surface area (Å²) >= 11 is 1.44. The van der Waals surface area contributed by atoms with E-state index in [2.05, 4.69) is 44.1 Å². The predicted molar refractivity (Wildman–Crippen MR) is 119 cm³/mol. The van der Waals surface area contributed by atoms with Gasteiger partial charge in [0.1, 0.15) is 0 Å². The number of nitrogens with zero attached hydrogens (tertiary/aromatic N) is 4. The minimum absolute atomic E-state index is 0.0657. The van der Waals surface area contributed by atoms with Crippen LogP contribution >= 0.6 is 11.8 Å². The maximum atomic E-state index is 12.6. The second-order valence-corrected chi connectivity index (χ2v) is 8.79. The Kier molecular flexibility index (Phi) is 6.79. The molecule has 0 saturated heterocycles. The van der Waals surface area contributed by atoms with E-state index in [1.54, 1.807) is 12.4 Å². The van der Waals surface area contributed by atoms with Gasteiger partial charge in [-0.05, 0) is 36.5 Å². The van der Waals surface area contributed by atoms with Gasteiger partial charge >= 0.3 is 0 Å². The Morgan fingerprint density at radius 1 is 1.13 bits per heavy atom. The molecule has 7 heteroatoms. The number of benzene rings is 1. The summed E-state index contributed by atoms with van der Waals surface area (Å²) in [5, 5.41) is 12.8. The average Bonchev–Trinajstić information content (AvgIpc) is 3.17. The average molecular weight is 422 g/mol. The summed E-state index contributed by atoms with van der Waals surface area (Å²) in [4.78, 5) is 16.8. The van der Waals surface area contributed by atoms with Crippen molar-refractivity contribution in [2.45, 2.75) is 50.4 Å². The van der Waals surface area contributed by atoms with Crippen LogP contribution in [0.15, 0.2) is 60.0 Å². The highest BCUT2D eigenvalue weighted by molar-refractivity contribution is 7.99. The third kappa shape index (κ3) is 5.08. The summed E-state index contributed by atoms with van der Waals surface area (Å²) in [7, 11) is 0. The van der Waals surface area contributed by atoms with Crippen molar-refractivity contribution in [3.05, 3.63) is 60.4 Å². The molecule has 1 aromatic carbocycles. The third-order valence-corrected chi connectivity index (χ3v) is 6.58. The topological polar surface area (TPSA) is 72.7 Å². The van der Waals surface area contributed by atoms with Gasteiger partial charge in [0.25, 0.3) is 0 Å². The molecule has 2 aromatic heterocycles. The molecule has 6 nitrogen and oxygen atoms in total. The zero-order valence-corrected chi connectivity index (χ0v) is 18.0. The normalized spacial score (nSPS) is 18.8. The molecule has 1 aliphatic carbocycles. The number of aromatic nitrogens is 4. The van der Waals surface area contributed by atoms with Crippen molar-refractivity contribution in [1.29, 1.82) is 0 Å². The van der Waals surface area contributed by atoms with Gasteiger partial charge in [0.2, 0.25) is 5.91 Å². The fourth-order valence-electron chi connectivity index (χ4n) is 3.92. The van der Waals surface area contributed by atoms with Crippen molar-refractivity contribution >= 4 is 17.7 Å². The minimum Gasteiger partial charge on any atom is -0.352 e. The molecular weight excluding hydrogens is 394 g/mol. The van der Waals surface area contributed by atoms with E-state index in [1.807, 2.05) is 30.3 Å². The molecule has 0 aliphatic heterocycles. The van der Waals surface area contributed by atoms with Crippen molar-refractivity contribution in [3.8, 4) is 11.4 Å². The van der Waals surface area contributed by atoms with Crippen LogP contribution in [-0.2, 0) is 11.3 Å². The molecule has 1 fully saturated rings. The molecule has 2 unspecified atom stereocenters. The lowest BCUT2D eigenvalue weighted by molar-refractivity contribution is -0.119. The van der Waals surface area contributed by atoms with Crippen LogP contribution < -0.4 is 5.32 Å². The molecule has 1 saturated carbocycles. The predicted octanol–water partition coefficient (Wildman–Crippen LogP) is 4.18. The number of carbonyl (C=O) groups is 1. The Balaban J connectivity index is 1.49. The van der Waals surface area contributed by atoms with Crippen LogP contribution in [-0.4, -0.2) is 37.5 Å². The molecule has 0 spiro atoms. The monoisotopic (exact) mass is 421 g/mol. The molecule has 4 rings (SSSR count). The van der Waals surface area contributed by atoms with Crippen molar-refractivity contribution < 1.29 is 4.79 Å². The molecule has 30 heavy (non-hydrogen) atoms. The molecule has 0 radical (unpaired) electrons. The van der Waals surface area contributed by atoms with E-state index in [1.165, 1.54) is 31.0 Å². The van der Waals surface area contributed by atoms with Crippen LogP contribution in [0.25, 0.3) is 11.4 Å². The van der Waals surface area contributed by atoms with E-state index in [0.29, 0.717) is 24.3 Å². The maximum Gasteiger partial charge on any atom is 0.230 e. The van der Waals surface area contributed by atoms with Gasteiger partial charge in [0.05, 0.1) is 12.3 Å². The van der Waals surface area contributed by atoms with Gasteiger partial charge < -0.3 is 5.32 Å². The fourth-order valence-corrected chi connectivity index (χ4v) is 4.67. The first kappa shape index (κ1) is 20.6. The SMILES string of the molecule is CC1CCCCC1NC(=O)CSc1nnc(-c2cccnc2)n1Cc1ccccc1. The van der Waals surface area contributed by atoms with Gasteiger partial charge in [-0.15, -0.1) is 10.2 Å². The van der Waals surface area contributed by atoms with Crippen molar-refractivity contribution in [2.24, 2.45) is 5.92 Å². The van der Waals surface area contributed by atoms with E-state index in [-0.39, 0.29) is 5.91 Å². The second kappa shape index (κ2) is 9.89. The summed E-state index contributed by atoms with van der Waals surface area (Å²) in [5.41, 5.74) is 2.07. The summed E-state index contributed by atoms with van der Waals surface area (Å²) < 4.78 is 2.06. The molecule has 2 heterocycles. The third-order valence-electron chi connectivity index (χ3n) is 5.61. The summed E-state index contributed by atoms with van der Waals surface area (Å²) in [6.45, 7) is 2.87. The minimum atomic E-state index is 0.0657. The largest absolute Gasteiger partial charge is 0.352 e. The van der Waals surface area contributed by atoms with E-state index >= 15 is 0 Å². The van der Waals surface area contributed by atoms with Crippen LogP contribution in [0, 0.1) is 5.92 Å². The molecule has 156 valence electrons. The van der Waals surface area contributed by atoms with Gasteiger partial charge in [-0.1, -0.05) is 61.9 Å². The Bertz CT molecular complexity index is 960. The molecule has 3 aromatic rings. The van der Waals surface area contributed by atoms with E-state index in [4.69, 9.17) is 0 Å². The van der Waals surface area contributed by atoms with E-state index in [9.17, 15) is 4.79 Å². The standard InChI is InChI=1S/C23H27N5OS/c1-17-8-5-6-12-20(17)25-21(29)16-30-23-27-26-22(19-11-7-13-24-14-19)28(23)15-18-9-3-2-4-10-18/h2-4,7,9-11,13-14,17,20H,5-6,8,12,15-16H2,1H3,(H,25,29). The summed E-state index contributed by atoms with van der Waals surface area (Å²) in [6.07, 6.45) is 8.26. The van der Waals surface area contributed by atoms with Gasteiger partial charge in [-0.2, -0.15) is 0 Å². The number of hydrogen-bond acceptors (Lipinski definition) is 5. The van der Waals surface area contributed by atoms with Crippen LogP contribution in [0.5, 0.6) is 0 Å². The molecule has 1 aliphatic rings. The Labute approximate surface area is 181 Å². The molecular formula is C23H27N5OS. The van der Waals surface area contributed by atoms with E-state index < -0.39 is 0 Å². The van der Waals surface area contributed by atoms with Crippen molar-refractivity contribution in [2.75, 3.05) is 5.75 Å². The van der Waals surface area contributed by atoms with Crippen molar-refractivity contribution in [3.63, 3.8) is 0 Å². The number of rotatable bonds is 7. The van der Waals surface area contributed by atoms with Gasteiger partial charge in [-0.3, -0.25) is 14.3 Å². The lowest BCUT2D eigenvalue weighted by Crippen LogP contribution is -2.41. The second-order valence-electron chi connectivity index (χ2n) is 7.84. The smallest absolute Gasteiger partial charge is 0.230 e. The van der Waals surface area contributed by atoms with Gasteiger partial charge in [-0.25, -0.2) is 0 Å². The molecule has 2 atom stereocenters. The Morgan fingerprint density at radius 2 is 1.97 bits per heavy atom. The van der Waals surface area contributed by atoms with Gasteiger partial charge in [0, 0.05) is 24.0 Å². The first-order valence-electron chi connectivity index (χ1n) is 10.5. The highest BCUT2D eigenvalue weighted by atomic mass is 32.2. The zero-order chi connectivity index (χ0) is 20.8. The lowest BCUT2D eigenvalue weighted by atomic mass is 9.86. The summed E-state index contributed by atoms with van der Waals surface area (Å²) in [6, 6.07) is 14.4. The lowest BCUT2D eigenvalue weighted by Gasteiger charge is -2.29. The van der Waals surface area contributed by atoms with Crippen LogP contribution in [0.4, 0.5) is 0 Å². The number of hydrogen-bond donors (Lipinski definition) is 1. The number of nitrogens with one attached hydrogen (secondary N) is 1. The highest BCUT2D eigenvalue weighted by Gasteiger charge is 2.23. The maximum absolute atomic E-state index is 12.6. The Morgan fingerprint density at radius 3 is 2.73 bits per heavy atom. The van der Waals surface area contributed by atoms with Gasteiger partial charge in [0.15, 0.2) is 11.0 Å². The zero-order valence-electron chi connectivity index (χ0n) is 17.2. The van der Waals surface area contributed by atoms with Crippen LogP contribution in [0.2, 0.25) is 0 Å². The highest BCUT2D eigenvalue weighted by Crippen LogP contribution is 2.26. The molecule has 1 N–H and O–H groups in total. The van der Waals surface area contributed by atoms with Crippen LogP contribution in [0.3, 0.4) is 0 Å². The molecule has 1 amide bonds. The fraction of sp³-hybridized carbons (Fsp3) is 0.391. The summed E-state index contributed by atoms with van der Waals surface area (Å²) in [5.74, 6) is 1.71. The molecule has 0 bridgehead atoms. The first-order valence-corrected chi connectivity index (χ1v) is 11.5. The number of pyridine rings is 1. The quantitative estimate of drug-likeness (QED) is 0.580. The number of carbonyl (C=O) groups excluding carboxylic acids is 1. The van der Waals surface area contributed by atoms with Crippen molar-refractivity contribution in [1.82, 2.24) is 25.1 Å². The number of amides is 1. The Hall–Kier alpha value is -2.67. The van der Waals surface area contributed by atoms with E-state index in [0.717, 1.165) is 28.5 Å². The first-order chi connectivity index (χ1) is 14.7. The number of thioether (sulfide) groups is 1.